The molecule has 7 heteroatoms. The number of nitro groups is 1. The summed E-state index contributed by atoms with van der Waals surface area (Å²) in [5, 5.41) is 13.2. The Morgan fingerprint density at radius 1 is 1.30 bits per heavy atom. The average Bonchev–Trinajstić information content (AvgIpc) is 2.53. The van der Waals surface area contributed by atoms with E-state index in [4.69, 9.17) is 0 Å². The van der Waals surface area contributed by atoms with Crippen molar-refractivity contribution in [3.8, 4) is 0 Å². The third-order valence-corrected chi connectivity index (χ3v) is 4.69. The van der Waals surface area contributed by atoms with E-state index >= 15 is 0 Å². The maximum atomic E-state index is 12.1. The molecule has 0 aromatic heterocycles. The van der Waals surface area contributed by atoms with Gasteiger partial charge in [0, 0.05) is 28.0 Å². The molecule has 0 aliphatic heterocycles. The fourth-order valence-corrected chi connectivity index (χ4v) is 3.22. The first-order valence-corrected chi connectivity index (χ1v) is 8.56. The van der Waals surface area contributed by atoms with Gasteiger partial charge >= 0.3 is 0 Å². The topological polar surface area (TPSA) is 72.2 Å². The molecule has 0 radical (unpaired) electrons. The van der Waals surface area contributed by atoms with Crippen LogP contribution >= 0.6 is 27.7 Å². The third kappa shape index (κ3) is 5.37. The molecule has 23 heavy (non-hydrogen) atoms. The van der Waals surface area contributed by atoms with Crippen molar-refractivity contribution in [3.63, 3.8) is 0 Å². The number of hydrogen-bond donors (Lipinski definition) is 1. The molecule has 0 aliphatic rings. The lowest BCUT2D eigenvalue weighted by molar-refractivity contribution is -0.384. The van der Waals surface area contributed by atoms with Crippen LogP contribution in [0.25, 0.3) is 0 Å². The number of halogens is 1. The predicted molar refractivity (Wildman–Crippen MR) is 94.4 cm³/mol. The number of carbonyl (C=O) groups excluding carboxylic acids is 1. The van der Waals surface area contributed by atoms with E-state index in [0.29, 0.717) is 6.54 Å². The quantitative estimate of drug-likeness (QED) is 0.453. The van der Waals surface area contributed by atoms with Gasteiger partial charge in [0.15, 0.2) is 0 Å². The molecular weight excluding hydrogens is 380 g/mol. The first-order valence-electron chi connectivity index (χ1n) is 6.89. The van der Waals surface area contributed by atoms with E-state index in [1.54, 1.807) is 12.1 Å². The highest BCUT2D eigenvalue weighted by Crippen LogP contribution is 2.25. The zero-order chi connectivity index (χ0) is 16.8. The highest BCUT2D eigenvalue weighted by Gasteiger charge is 2.15. The monoisotopic (exact) mass is 394 g/mol. The minimum absolute atomic E-state index is 0.0427. The van der Waals surface area contributed by atoms with Crippen molar-refractivity contribution in [1.29, 1.82) is 0 Å². The molecule has 1 unspecified atom stereocenters. The Balaban J connectivity index is 1.88. The van der Waals surface area contributed by atoms with Crippen LogP contribution in [0.4, 0.5) is 5.69 Å². The molecular formula is C16H15BrN2O3S. The highest BCUT2D eigenvalue weighted by atomic mass is 79.9. The summed E-state index contributed by atoms with van der Waals surface area (Å²) in [7, 11) is 0. The van der Waals surface area contributed by atoms with Crippen molar-refractivity contribution in [2.45, 2.75) is 23.6 Å². The molecule has 2 rings (SSSR count). The first kappa shape index (κ1) is 17.5. The van der Waals surface area contributed by atoms with Gasteiger partial charge in [-0.1, -0.05) is 28.1 Å². The molecule has 5 nitrogen and oxygen atoms in total. The van der Waals surface area contributed by atoms with Crippen LogP contribution in [0.3, 0.4) is 0 Å². The second-order valence-corrected chi connectivity index (χ2v) is 7.19. The molecule has 2 aromatic carbocycles. The predicted octanol–water partition coefficient (Wildman–Crippen LogP) is 4.15. The number of amides is 1. The number of carbonyl (C=O) groups is 1. The minimum atomic E-state index is -0.442. The van der Waals surface area contributed by atoms with E-state index in [0.717, 1.165) is 14.9 Å². The summed E-state index contributed by atoms with van der Waals surface area (Å²) in [6, 6.07) is 13.9. The molecule has 0 fully saturated rings. The molecule has 1 atom stereocenters. The molecule has 2 aromatic rings. The molecule has 0 saturated carbocycles. The minimum Gasteiger partial charge on any atom is -0.351 e. The van der Waals surface area contributed by atoms with Crippen LogP contribution in [0.15, 0.2) is 57.9 Å². The summed E-state index contributed by atoms with van der Waals surface area (Å²) in [6.45, 7) is 2.27. The summed E-state index contributed by atoms with van der Waals surface area (Å²) in [6.07, 6.45) is 0. The zero-order valence-electron chi connectivity index (χ0n) is 12.4. The number of nitro benzene ring substituents is 1. The summed E-state index contributed by atoms with van der Waals surface area (Å²) in [5.41, 5.74) is 1.06. The van der Waals surface area contributed by atoms with Crippen molar-refractivity contribution in [2.75, 3.05) is 0 Å². The molecule has 120 valence electrons. The van der Waals surface area contributed by atoms with Gasteiger partial charge in [0.1, 0.15) is 0 Å². The molecule has 1 amide bonds. The number of benzene rings is 2. The normalized spacial score (nSPS) is 11.7. The van der Waals surface area contributed by atoms with Gasteiger partial charge in [-0.05, 0) is 36.8 Å². The van der Waals surface area contributed by atoms with Crippen molar-refractivity contribution in [1.82, 2.24) is 5.32 Å². The van der Waals surface area contributed by atoms with Crippen LogP contribution in [0.5, 0.6) is 0 Å². The lowest BCUT2D eigenvalue weighted by Crippen LogP contribution is -2.30. The van der Waals surface area contributed by atoms with Gasteiger partial charge in [0.05, 0.1) is 10.2 Å². The summed E-state index contributed by atoms with van der Waals surface area (Å²) in [4.78, 5) is 23.1. The number of nitrogens with one attached hydrogen (secondary N) is 1. The summed E-state index contributed by atoms with van der Waals surface area (Å²) in [5.74, 6) is -0.0756. The van der Waals surface area contributed by atoms with Crippen LogP contribution in [-0.2, 0) is 11.3 Å². The van der Waals surface area contributed by atoms with Crippen LogP contribution in [0.1, 0.15) is 12.5 Å². The second kappa shape index (κ2) is 8.12. The van der Waals surface area contributed by atoms with Crippen molar-refractivity contribution in [2.24, 2.45) is 0 Å². The molecule has 1 N–H and O–H groups in total. The molecule has 0 aliphatic carbocycles. The number of non-ortho nitro benzene ring substituents is 1. The molecule has 0 heterocycles. The Kier molecular flexibility index (Phi) is 6.18. The van der Waals surface area contributed by atoms with E-state index in [1.807, 2.05) is 31.2 Å². The van der Waals surface area contributed by atoms with Crippen molar-refractivity contribution in [3.05, 3.63) is 68.7 Å². The van der Waals surface area contributed by atoms with Gasteiger partial charge in [-0.2, -0.15) is 0 Å². The second-order valence-electron chi connectivity index (χ2n) is 4.86. The van der Waals surface area contributed by atoms with Crippen LogP contribution in [-0.4, -0.2) is 16.1 Å². The smallest absolute Gasteiger partial charge is 0.269 e. The highest BCUT2D eigenvalue weighted by molar-refractivity contribution is 9.10. The molecule has 0 spiro atoms. The van der Waals surface area contributed by atoms with Gasteiger partial charge < -0.3 is 5.32 Å². The van der Waals surface area contributed by atoms with Gasteiger partial charge in [-0.3, -0.25) is 14.9 Å². The Labute approximate surface area is 146 Å². The van der Waals surface area contributed by atoms with Crippen molar-refractivity contribution >= 4 is 39.3 Å². The van der Waals surface area contributed by atoms with E-state index in [9.17, 15) is 14.9 Å². The Hall–Kier alpha value is -1.86. The lowest BCUT2D eigenvalue weighted by atomic mass is 10.2. The SMILES string of the molecule is CC(Sc1ccc([N+](=O)[O-])cc1)C(=O)NCc1cccc(Br)c1. The standard InChI is InChI=1S/C16H15BrN2O3S/c1-11(23-15-7-5-14(6-8-15)19(21)22)16(20)18-10-12-3-2-4-13(17)9-12/h2-9,11H,10H2,1H3,(H,18,20). The van der Waals surface area contributed by atoms with E-state index in [1.165, 1.54) is 23.9 Å². The zero-order valence-corrected chi connectivity index (χ0v) is 14.8. The van der Waals surface area contributed by atoms with Gasteiger partial charge in [-0.15, -0.1) is 11.8 Å². The summed E-state index contributed by atoms with van der Waals surface area (Å²) >= 11 is 4.76. The van der Waals surface area contributed by atoms with Crippen LogP contribution in [0.2, 0.25) is 0 Å². The van der Waals surface area contributed by atoms with Crippen LogP contribution < -0.4 is 5.32 Å². The Morgan fingerprint density at radius 2 is 2.00 bits per heavy atom. The van der Waals surface area contributed by atoms with Gasteiger partial charge in [-0.25, -0.2) is 0 Å². The maximum absolute atomic E-state index is 12.1. The van der Waals surface area contributed by atoms with E-state index in [2.05, 4.69) is 21.2 Å². The fraction of sp³-hybridized carbons (Fsp3) is 0.188. The number of thioether (sulfide) groups is 1. The maximum Gasteiger partial charge on any atom is 0.269 e. The Morgan fingerprint density at radius 3 is 2.61 bits per heavy atom. The number of nitrogens with zero attached hydrogens (tertiary/aromatic N) is 1. The van der Waals surface area contributed by atoms with Crippen LogP contribution in [0, 0.1) is 10.1 Å². The van der Waals surface area contributed by atoms with E-state index < -0.39 is 4.92 Å². The van der Waals surface area contributed by atoms with Gasteiger partial charge in [0.25, 0.3) is 5.69 Å². The molecule has 0 bridgehead atoms. The molecule has 0 saturated heterocycles. The fourth-order valence-electron chi connectivity index (χ4n) is 1.88. The number of hydrogen-bond acceptors (Lipinski definition) is 4. The lowest BCUT2D eigenvalue weighted by Gasteiger charge is -2.12. The number of rotatable bonds is 6. The largest absolute Gasteiger partial charge is 0.351 e. The van der Waals surface area contributed by atoms with Gasteiger partial charge in [0.2, 0.25) is 5.91 Å². The Bertz CT molecular complexity index is 707. The summed E-state index contributed by atoms with van der Waals surface area (Å²) < 4.78 is 0.970. The van der Waals surface area contributed by atoms with E-state index in [-0.39, 0.29) is 16.8 Å². The average molecular weight is 395 g/mol. The van der Waals surface area contributed by atoms with Crippen molar-refractivity contribution < 1.29 is 9.72 Å². The third-order valence-electron chi connectivity index (χ3n) is 3.09. The first-order chi connectivity index (χ1) is 11.0.